The molecule has 0 spiro atoms. The van der Waals surface area contributed by atoms with Crippen molar-refractivity contribution in [3.05, 3.63) is 82.9 Å². The minimum atomic E-state index is -4.43. The standard InChI is InChI=1S/2C28H44O3S.Ba/c2*1-3-5-7-9-11-13-15-17-24-19-20-25-23-26(32(29,30)31)21-22-28(25)27(24)18-16-14-12-10-8-6-4-2;/h2*19-23H,3-18H2,1-2H3,(H,29,30,31);/q;;+2/p-2. The summed E-state index contributed by atoms with van der Waals surface area (Å²) in [5, 5.41) is 3.96. The normalized spacial score (nSPS) is 11.8. The van der Waals surface area contributed by atoms with Crippen LogP contribution in [0.15, 0.2) is 70.5 Å². The van der Waals surface area contributed by atoms with Gasteiger partial charge in [0.05, 0.1) is 9.79 Å². The largest absolute Gasteiger partial charge is 2.00 e. The van der Waals surface area contributed by atoms with Gasteiger partial charge in [0.1, 0.15) is 20.2 Å². The molecule has 0 fully saturated rings. The molecule has 0 aliphatic rings. The molecule has 6 nitrogen and oxygen atoms in total. The second kappa shape index (κ2) is 35.0. The molecule has 9 heteroatoms. The van der Waals surface area contributed by atoms with E-state index in [0.29, 0.717) is 0 Å². The van der Waals surface area contributed by atoms with Crippen molar-refractivity contribution < 1.29 is 25.9 Å². The summed E-state index contributed by atoms with van der Waals surface area (Å²) in [7, 11) is -8.85. The SMILES string of the molecule is CCCCCCCCCc1ccc2cc(S(=O)(=O)[O-])ccc2c1CCCCCCCCC.CCCCCCCCCc1ccc2cc(S(=O)(=O)[O-])ccc2c1CCCCCCCCC.[Ba+2]. The second-order valence-electron chi connectivity index (χ2n) is 18.6. The van der Waals surface area contributed by atoms with E-state index in [9.17, 15) is 25.9 Å². The molecule has 0 N–H and O–H groups in total. The zero-order valence-electron chi connectivity index (χ0n) is 41.4. The van der Waals surface area contributed by atoms with Crippen molar-refractivity contribution in [2.24, 2.45) is 0 Å². The Balaban J connectivity index is 0.000000440. The van der Waals surface area contributed by atoms with Gasteiger partial charge in [-0.3, -0.25) is 0 Å². The molecular weight excluding hydrogens is 970 g/mol. The van der Waals surface area contributed by atoms with Crippen molar-refractivity contribution in [3.8, 4) is 0 Å². The van der Waals surface area contributed by atoms with E-state index in [4.69, 9.17) is 0 Å². The summed E-state index contributed by atoms with van der Waals surface area (Å²) in [5.74, 6) is 0. The van der Waals surface area contributed by atoms with Gasteiger partial charge in [0.15, 0.2) is 0 Å². The summed E-state index contributed by atoms with van der Waals surface area (Å²) in [5.41, 5.74) is 5.51. The first-order valence-electron chi connectivity index (χ1n) is 25.9. The van der Waals surface area contributed by atoms with Crippen LogP contribution in [0.2, 0.25) is 0 Å². The quantitative estimate of drug-likeness (QED) is 0.0261. The van der Waals surface area contributed by atoms with Gasteiger partial charge in [-0.15, -0.1) is 0 Å². The van der Waals surface area contributed by atoms with Crippen LogP contribution in [0.5, 0.6) is 0 Å². The predicted octanol–water partition coefficient (Wildman–Crippen LogP) is 16.3. The van der Waals surface area contributed by atoms with E-state index in [1.165, 1.54) is 201 Å². The van der Waals surface area contributed by atoms with Gasteiger partial charge in [0.25, 0.3) is 0 Å². The number of benzene rings is 4. The molecule has 0 amide bonds. The van der Waals surface area contributed by atoms with Crippen LogP contribution in [0.3, 0.4) is 0 Å². The van der Waals surface area contributed by atoms with Crippen LogP contribution >= 0.6 is 0 Å². The van der Waals surface area contributed by atoms with E-state index in [-0.39, 0.29) is 58.7 Å². The van der Waals surface area contributed by atoms with Gasteiger partial charge >= 0.3 is 48.9 Å². The maximum atomic E-state index is 11.5. The fourth-order valence-corrected chi connectivity index (χ4v) is 10.3. The fraction of sp³-hybridized carbons (Fsp3) is 0.643. The van der Waals surface area contributed by atoms with Gasteiger partial charge in [-0.05, 0) is 119 Å². The molecule has 0 aliphatic carbocycles. The molecule has 0 atom stereocenters. The van der Waals surface area contributed by atoms with Gasteiger partial charge in [-0.25, -0.2) is 16.8 Å². The summed E-state index contributed by atoms with van der Waals surface area (Å²) in [6, 6.07) is 18.1. The van der Waals surface area contributed by atoms with Gasteiger partial charge in [-0.1, -0.05) is 218 Å². The second-order valence-corrected chi connectivity index (χ2v) is 21.3. The number of hydrogen-bond acceptors (Lipinski definition) is 6. The smallest absolute Gasteiger partial charge is 0.744 e. The maximum absolute atomic E-state index is 11.5. The molecule has 0 saturated carbocycles. The Hall–Kier alpha value is -1.21. The average molecular weight is 1060 g/mol. The minimum Gasteiger partial charge on any atom is -0.744 e. The molecule has 0 aromatic heterocycles. The molecule has 4 aromatic rings. The number of rotatable bonds is 34. The van der Waals surface area contributed by atoms with Crippen molar-refractivity contribution in [1.29, 1.82) is 0 Å². The van der Waals surface area contributed by atoms with Crippen molar-refractivity contribution >= 4 is 90.7 Å². The molecule has 0 heterocycles. The molecule has 65 heavy (non-hydrogen) atoms. The third-order valence-corrected chi connectivity index (χ3v) is 14.8. The monoisotopic (exact) mass is 1060 g/mol. The van der Waals surface area contributed by atoms with Crippen LogP contribution in [0.1, 0.15) is 230 Å². The first-order valence-corrected chi connectivity index (χ1v) is 28.8. The number of fused-ring (bicyclic) bond motifs is 2. The fourth-order valence-electron chi connectivity index (χ4n) is 9.27. The van der Waals surface area contributed by atoms with E-state index in [2.05, 4.69) is 39.8 Å². The topological polar surface area (TPSA) is 114 Å². The molecule has 0 saturated heterocycles. The van der Waals surface area contributed by atoms with Crippen LogP contribution < -0.4 is 0 Å². The van der Waals surface area contributed by atoms with Crippen molar-refractivity contribution in [2.75, 3.05) is 0 Å². The van der Waals surface area contributed by atoms with E-state index in [1.807, 2.05) is 24.3 Å². The number of aryl methyl sites for hydroxylation is 4. The Bertz CT molecular complexity index is 1960. The zero-order chi connectivity index (χ0) is 46.5. The van der Waals surface area contributed by atoms with E-state index < -0.39 is 20.2 Å². The summed E-state index contributed by atoms with van der Waals surface area (Å²) in [4.78, 5) is -0.265. The van der Waals surface area contributed by atoms with Crippen molar-refractivity contribution in [1.82, 2.24) is 0 Å². The Kier molecular flexibility index (Phi) is 32.2. The molecule has 0 aliphatic heterocycles. The Labute approximate surface area is 438 Å². The van der Waals surface area contributed by atoms with Gasteiger partial charge < -0.3 is 9.11 Å². The number of unbranched alkanes of at least 4 members (excludes halogenated alkanes) is 24. The van der Waals surface area contributed by atoms with Crippen LogP contribution in [0, 0.1) is 0 Å². The number of hydrogen-bond donors (Lipinski definition) is 0. The summed E-state index contributed by atoms with van der Waals surface area (Å²) < 4.78 is 68.8. The first-order chi connectivity index (χ1) is 30.9. The van der Waals surface area contributed by atoms with Gasteiger partial charge in [0.2, 0.25) is 0 Å². The Morgan fingerprint density at radius 1 is 0.338 bits per heavy atom. The first kappa shape index (κ1) is 59.9. The molecule has 4 aromatic carbocycles. The van der Waals surface area contributed by atoms with E-state index in [1.54, 1.807) is 12.1 Å². The van der Waals surface area contributed by atoms with E-state index >= 15 is 0 Å². The predicted molar refractivity (Wildman–Crippen MR) is 276 cm³/mol. The molecule has 0 bridgehead atoms. The van der Waals surface area contributed by atoms with Crippen LogP contribution in [0.4, 0.5) is 0 Å². The van der Waals surface area contributed by atoms with Crippen LogP contribution in [0.25, 0.3) is 21.5 Å². The molecule has 0 unspecified atom stereocenters. The molecule has 0 radical (unpaired) electrons. The van der Waals surface area contributed by atoms with Crippen LogP contribution in [-0.4, -0.2) is 74.8 Å². The maximum Gasteiger partial charge on any atom is 2.00 e. The Morgan fingerprint density at radius 2 is 0.600 bits per heavy atom. The molecular formula is C56H86BaO6S2. The minimum absolute atomic E-state index is 0. The van der Waals surface area contributed by atoms with Crippen molar-refractivity contribution in [2.45, 2.75) is 243 Å². The third-order valence-electron chi connectivity index (χ3n) is 13.1. The van der Waals surface area contributed by atoms with E-state index in [0.717, 1.165) is 60.1 Å². The summed E-state index contributed by atoms with van der Waals surface area (Å²) in [6.07, 6.45) is 40.3. The summed E-state index contributed by atoms with van der Waals surface area (Å²) >= 11 is 0. The molecule has 4 rings (SSSR count). The molecule has 360 valence electrons. The Morgan fingerprint density at radius 3 is 0.877 bits per heavy atom. The van der Waals surface area contributed by atoms with Gasteiger partial charge in [-0.2, -0.15) is 0 Å². The van der Waals surface area contributed by atoms with Gasteiger partial charge in [0, 0.05) is 0 Å². The average Bonchev–Trinajstić information content (AvgIpc) is 3.27. The van der Waals surface area contributed by atoms with Crippen LogP contribution in [-0.2, 0) is 45.9 Å². The zero-order valence-corrected chi connectivity index (χ0v) is 47.4. The summed E-state index contributed by atoms with van der Waals surface area (Å²) in [6.45, 7) is 9.00. The third kappa shape index (κ3) is 23.8. The van der Waals surface area contributed by atoms with Crippen molar-refractivity contribution in [3.63, 3.8) is 0 Å².